The van der Waals surface area contributed by atoms with Gasteiger partial charge in [0.05, 0.1) is 11.0 Å². The average Bonchev–Trinajstić information content (AvgIpc) is 2.35. The van der Waals surface area contributed by atoms with Crippen molar-refractivity contribution in [1.29, 1.82) is 0 Å². The second kappa shape index (κ2) is 6.48. The monoisotopic (exact) mass is 283 g/mol. The highest BCUT2D eigenvalue weighted by atomic mass is 16.6. The third-order valence-electron chi connectivity index (χ3n) is 2.37. The number of anilines is 1. The van der Waals surface area contributed by atoms with Gasteiger partial charge in [0.15, 0.2) is 6.04 Å². The van der Waals surface area contributed by atoms with Crippen molar-refractivity contribution in [2.24, 2.45) is 0 Å². The molecule has 0 saturated heterocycles. The predicted molar refractivity (Wildman–Crippen MR) is 68.4 cm³/mol. The summed E-state index contributed by atoms with van der Waals surface area (Å²) in [5.74, 6) is -1.38. The van der Waals surface area contributed by atoms with Crippen molar-refractivity contribution in [3.05, 3.63) is 34.4 Å². The number of hydrogen-bond acceptors (Lipinski definition) is 5. The summed E-state index contributed by atoms with van der Waals surface area (Å²) in [7, 11) is 0. The Morgan fingerprint density at radius 2 is 1.85 bits per heavy atom. The molecule has 20 heavy (non-hydrogen) atoms. The molecule has 4 N–H and O–H groups in total. The summed E-state index contributed by atoms with van der Waals surface area (Å²) >= 11 is 0. The number of amides is 2. The van der Waals surface area contributed by atoms with Gasteiger partial charge in [0.1, 0.15) is 0 Å². The number of urea groups is 1. The van der Waals surface area contributed by atoms with Crippen molar-refractivity contribution >= 4 is 23.4 Å². The van der Waals surface area contributed by atoms with E-state index >= 15 is 0 Å². The number of carbonyl (C=O) groups excluding carboxylic acids is 1. The number of carboxylic acid groups (broad SMARTS) is 1. The molecule has 9 heteroatoms. The van der Waals surface area contributed by atoms with Gasteiger partial charge in [-0.1, -0.05) is 0 Å². The van der Waals surface area contributed by atoms with Gasteiger partial charge < -0.3 is 20.8 Å². The lowest BCUT2D eigenvalue weighted by Gasteiger charge is -2.17. The van der Waals surface area contributed by atoms with Gasteiger partial charge in [-0.05, 0) is 19.1 Å². The molecule has 9 nitrogen and oxygen atoms in total. The quantitative estimate of drug-likeness (QED) is 0.459. The van der Waals surface area contributed by atoms with Crippen LogP contribution in [0.5, 0.6) is 0 Å². The highest BCUT2D eigenvalue weighted by Gasteiger charge is 2.24. The third-order valence-corrected chi connectivity index (χ3v) is 2.37. The molecular weight excluding hydrogens is 270 g/mol. The van der Waals surface area contributed by atoms with E-state index in [4.69, 9.17) is 5.11 Å². The standard InChI is InChI=1S/C11H13N3O6/c1-6(15)9(10(16)17)13-11(18)12-7-2-4-8(5-3-7)14(19)20/h2-6,9,15H,1H3,(H,16,17)(H2,12,13,18). The molecule has 1 rings (SSSR count). The molecule has 0 aliphatic carbocycles. The van der Waals surface area contributed by atoms with Gasteiger partial charge >= 0.3 is 12.0 Å². The van der Waals surface area contributed by atoms with Crippen LogP contribution in [0, 0.1) is 10.1 Å². The van der Waals surface area contributed by atoms with E-state index in [0.717, 1.165) is 0 Å². The van der Waals surface area contributed by atoms with E-state index in [1.54, 1.807) is 0 Å². The molecule has 0 fully saturated rings. The number of non-ortho nitro benzene ring substituents is 1. The van der Waals surface area contributed by atoms with Crippen LogP contribution in [-0.2, 0) is 4.79 Å². The fourth-order valence-corrected chi connectivity index (χ4v) is 1.36. The Hall–Kier alpha value is -2.68. The highest BCUT2D eigenvalue weighted by Crippen LogP contribution is 2.15. The highest BCUT2D eigenvalue weighted by molar-refractivity contribution is 5.92. The Balaban J connectivity index is 2.66. The lowest BCUT2D eigenvalue weighted by Crippen LogP contribution is -2.49. The maximum Gasteiger partial charge on any atom is 0.328 e. The summed E-state index contributed by atoms with van der Waals surface area (Å²) in [6.07, 6.45) is -1.27. The van der Waals surface area contributed by atoms with Crippen molar-refractivity contribution in [2.45, 2.75) is 19.1 Å². The van der Waals surface area contributed by atoms with Crippen LogP contribution in [0.2, 0.25) is 0 Å². The first-order valence-corrected chi connectivity index (χ1v) is 5.54. The van der Waals surface area contributed by atoms with Gasteiger partial charge in [0.2, 0.25) is 0 Å². The predicted octanol–water partition coefficient (Wildman–Crippen LogP) is 0.550. The Bertz CT molecular complexity index is 513. The molecule has 0 saturated carbocycles. The summed E-state index contributed by atoms with van der Waals surface area (Å²) in [4.78, 5) is 32.1. The molecule has 2 amide bonds. The van der Waals surface area contributed by atoms with Crippen LogP contribution in [0.25, 0.3) is 0 Å². The molecule has 2 unspecified atom stereocenters. The van der Waals surface area contributed by atoms with E-state index in [1.807, 2.05) is 0 Å². The maximum absolute atomic E-state index is 11.5. The van der Waals surface area contributed by atoms with Crippen LogP contribution in [0.4, 0.5) is 16.2 Å². The average molecular weight is 283 g/mol. The summed E-state index contributed by atoms with van der Waals surface area (Å²) in [6.45, 7) is 1.23. The molecule has 0 aliphatic heterocycles. The second-order valence-corrected chi connectivity index (χ2v) is 3.96. The minimum absolute atomic E-state index is 0.136. The third kappa shape index (κ3) is 4.21. The Kier molecular flexibility index (Phi) is 4.98. The van der Waals surface area contributed by atoms with Crippen LogP contribution in [-0.4, -0.2) is 39.3 Å². The lowest BCUT2D eigenvalue weighted by atomic mass is 10.2. The first-order valence-electron chi connectivity index (χ1n) is 5.54. The van der Waals surface area contributed by atoms with Crippen LogP contribution in [0.15, 0.2) is 24.3 Å². The Labute approximate surface area is 113 Å². The number of carboxylic acids is 1. The molecule has 0 heterocycles. The van der Waals surface area contributed by atoms with Gasteiger partial charge in [-0.3, -0.25) is 10.1 Å². The SMILES string of the molecule is CC(O)C(NC(=O)Nc1ccc([N+](=O)[O-])cc1)C(=O)O. The van der Waals surface area contributed by atoms with Crippen molar-refractivity contribution < 1.29 is 24.7 Å². The number of benzene rings is 1. The molecule has 2 atom stereocenters. The van der Waals surface area contributed by atoms with E-state index in [1.165, 1.54) is 31.2 Å². The molecule has 1 aromatic rings. The summed E-state index contributed by atoms with van der Waals surface area (Å²) in [5.41, 5.74) is 0.117. The van der Waals surface area contributed by atoms with E-state index in [-0.39, 0.29) is 11.4 Å². The molecule has 1 aromatic carbocycles. The van der Waals surface area contributed by atoms with Crippen LogP contribution < -0.4 is 10.6 Å². The maximum atomic E-state index is 11.5. The van der Waals surface area contributed by atoms with Gasteiger partial charge in [0.25, 0.3) is 5.69 Å². The van der Waals surface area contributed by atoms with E-state index in [0.29, 0.717) is 0 Å². The number of aliphatic carboxylic acids is 1. The number of aliphatic hydroxyl groups is 1. The molecule has 0 aliphatic rings. The van der Waals surface area contributed by atoms with E-state index < -0.39 is 29.1 Å². The zero-order valence-electron chi connectivity index (χ0n) is 10.4. The van der Waals surface area contributed by atoms with Crippen LogP contribution in [0.3, 0.4) is 0 Å². The number of carbonyl (C=O) groups is 2. The summed E-state index contributed by atoms with van der Waals surface area (Å²) < 4.78 is 0. The number of aliphatic hydroxyl groups excluding tert-OH is 1. The number of nitrogens with one attached hydrogen (secondary N) is 2. The first kappa shape index (κ1) is 15.4. The minimum Gasteiger partial charge on any atom is -0.480 e. The molecule has 0 radical (unpaired) electrons. The number of rotatable bonds is 5. The van der Waals surface area contributed by atoms with Crippen molar-refractivity contribution in [3.63, 3.8) is 0 Å². The Morgan fingerprint density at radius 1 is 1.30 bits per heavy atom. The van der Waals surface area contributed by atoms with Crippen molar-refractivity contribution in [2.75, 3.05) is 5.32 Å². The van der Waals surface area contributed by atoms with Gasteiger partial charge in [-0.15, -0.1) is 0 Å². The zero-order valence-corrected chi connectivity index (χ0v) is 10.4. The summed E-state index contributed by atoms with van der Waals surface area (Å²) in [5, 5.41) is 32.8. The van der Waals surface area contributed by atoms with Gasteiger partial charge in [-0.2, -0.15) is 0 Å². The first-order chi connectivity index (χ1) is 9.31. The van der Waals surface area contributed by atoms with Crippen molar-refractivity contribution in [1.82, 2.24) is 5.32 Å². The molecule has 0 aromatic heterocycles. The Morgan fingerprint density at radius 3 is 2.25 bits per heavy atom. The molecular formula is C11H13N3O6. The number of hydrogen-bond donors (Lipinski definition) is 4. The number of nitro groups is 1. The van der Waals surface area contributed by atoms with E-state index in [9.17, 15) is 24.8 Å². The zero-order chi connectivity index (χ0) is 15.3. The fourth-order valence-electron chi connectivity index (χ4n) is 1.36. The topological polar surface area (TPSA) is 142 Å². The molecule has 108 valence electrons. The van der Waals surface area contributed by atoms with Crippen LogP contribution >= 0.6 is 0 Å². The van der Waals surface area contributed by atoms with Crippen LogP contribution in [0.1, 0.15) is 6.92 Å². The number of nitrogens with zero attached hydrogens (tertiary/aromatic N) is 1. The van der Waals surface area contributed by atoms with Gasteiger partial charge in [-0.25, -0.2) is 9.59 Å². The normalized spacial score (nSPS) is 13.1. The number of nitro benzene ring substituents is 1. The largest absolute Gasteiger partial charge is 0.480 e. The minimum atomic E-state index is -1.45. The smallest absolute Gasteiger partial charge is 0.328 e. The van der Waals surface area contributed by atoms with Crippen molar-refractivity contribution in [3.8, 4) is 0 Å². The second-order valence-electron chi connectivity index (χ2n) is 3.96. The van der Waals surface area contributed by atoms with Gasteiger partial charge in [0, 0.05) is 17.8 Å². The van der Waals surface area contributed by atoms with E-state index in [2.05, 4.69) is 10.6 Å². The summed E-state index contributed by atoms with van der Waals surface area (Å²) in [6, 6.07) is 2.70. The lowest BCUT2D eigenvalue weighted by molar-refractivity contribution is -0.384. The fraction of sp³-hybridized carbons (Fsp3) is 0.273. The molecule has 0 bridgehead atoms. The molecule has 0 spiro atoms.